The van der Waals surface area contributed by atoms with E-state index in [-0.39, 0.29) is 11.2 Å². The first kappa shape index (κ1) is 19.7. The van der Waals surface area contributed by atoms with Crippen molar-refractivity contribution in [2.75, 3.05) is 31.2 Å². The van der Waals surface area contributed by atoms with Crippen LogP contribution in [0.2, 0.25) is 0 Å². The van der Waals surface area contributed by atoms with Crippen molar-refractivity contribution in [2.45, 2.75) is 37.6 Å². The number of carbonyl (C=O) groups excluding carboxylic acids is 1. The average Bonchev–Trinajstić information content (AvgIpc) is 2.95. The van der Waals surface area contributed by atoms with E-state index in [1.807, 2.05) is 0 Å². The molecule has 0 aromatic heterocycles. The van der Waals surface area contributed by atoms with Gasteiger partial charge in [-0.2, -0.15) is 0 Å². The number of anilines is 1. The summed E-state index contributed by atoms with van der Waals surface area (Å²) in [5, 5.41) is 5.35. The van der Waals surface area contributed by atoms with Crippen molar-refractivity contribution >= 4 is 21.6 Å². The Bertz CT molecular complexity index is 744. The highest BCUT2D eigenvalue weighted by Crippen LogP contribution is 2.24. The zero-order chi connectivity index (χ0) is 18.8. The van der Waals surface area contributed by atoms with Crippen LogP contribution in [0.4, 0.5) is 14.9 Å². The van der Waals surface area contributed by atoms with Crippen LogP contribution in [0.15, 0.2) is 23.1 Å². The van der Waals surface area contributed by atoms with E-state index < -0.39 is 26.6 Å². The Morgan fingerprint density at radius 2 is 2.04 bits per heavy atom. The molecule has 8 heteroatoms. The first-order chi connectivity index (χ1) is 11.5. The molecule has 25 heavy (non-hydrogen) atoms. The fourth-order valence-electron chi connectivity index (χ4n) is 2.89. The second kappa shape index (κ2) is 7.29. The number of nitrogens with one attached hydrogen (secondary N) is 2. The number of amides is 2. The minimum Gasteiger partial charge on any atom is -0.338 e. The van der Waals surface area contributed by atoms with Gasteiger partial charge in [0.2, 0.25) is 0 Å². The molecule has 140 valence electrons. The average molecular weight is 371 g/mol. The quantitative estimate of drug-likeness (QED) is 0.852. The van der Waals surface area contributed by atoms with Crippen LogP contribution in [0.25, 0.3) is 0 Å². The molecule has 1 aliphatic rings. The predicted octanol–water partition coefficient (Wildman–Crippen LogP) is 2.47. The van der Waals surface area contributed by atoms with E-state index in [2.05, 4.69) is 36.3 Å². The summed E-state index contributed by atoms with van der Waals surface area (Å²) >= 11 is 0. The van der Waals surface area contributed by atoms with Gasteiger partial charge in [0.05, 0.1) is 0 Å². The second-order valence-corrected chi connectivity index (χ2v) is 9.51. The lowest BCUT2D eigenvalue weighted by molar-refractivity contribution is 0.168. The molecule has 1 aromatic carbocycles. The van der Waals surface area contributed by atoms with Gasteiger partial charge in [0, 0.05) is 30.6 Å². The van der Waals surface area contributed by atoms with E-state index in [4.69, 9.17) is 0 Å². The van der Waals surface area contributed by atoms with Gasteiger partial charge in [-0.1, -0.05) is 0 Å². The van der Waals surface area contributed by atoms with Crippen LogP contribution in [-0.2, 0) is 9.84 Å². The molecule has 1 aromatic rings. The first-order valence-corrected chi connectivity index (χ1v) is 10.2. The van der Waals surface area contributed by atoms with Gasteiger partial charge in [-0.05, 0) is 57.9 Å². The largest absolute Gasteiger partial charge is 0.338 e. The smallest absolute Gasteiger partial charge is 0.319 e. The highest BCUT2D eigenvalue weighted by molar-refractivity contribution is 7.90. The van der Waals surface area contributed by atoms with Crippen LogP contribution >= 0.6 is 0 Å². The van der Waals surface area contributed by atoms with E-state index in [0.29, 0.717) is 12.5 Å². The van der Waals surface area contributed by atoms with Crippen LogP contribution in [-0.4, -0.2) is 50.8 Å². The Kier molecular flexibility index (Phi) is 5.73. The number of halogens is 1. The van der Waals surface area contributed by atoms with Gasteiger partial charge < -0.3 is 10.6 Å². The maximum atomic E-state index is 13.6. The van der Waals surface area contributed by atoms with Crippen molar-refractivity contribution in [3.05, 3.63) is 24.0 Å². The second-order valence-electron chi connectivity index (χ2n) is 7.52. The van der Waals surface area contributed by atoms with Crippen LogP contribution in [0.5, 0.6) is 0 Å². The van der Waals surface area contributed by atoms with Crippen molar-refractivity contribution in [1.29, 1.82) is 0 Å². The highest BCUT2D eigenvalue weighted by Gasteiger charge is 2.30. The lowest BCUT2D eigenvalue weighted by Crippen LogP contribution is -2.40. The van der Waals surface area contributed by atoms with Crippen LogP contribution in [0, 0.1) is 11.7 Å². The summed E-state index contributed by atoms with van der Waals surface area (Å²) in [4.78, 5) is 14.0. The molecule has 1 heterocycles. The number of nitrogens with zero attached hydrogens (tertiary/aromatic N) is 1. The number of urea groups is 1. The van der Waals surface area contributed by atoms with Crippen LogP contribution in [0.1, 0.15) is 27.2 Å². The highest BCUT2D eigenvalue weighted by atomic mass is 32.2. The van der Waals surface area contributed by atoms with E-state index in [1.54, 1.807) is 0 Å². The summed E-state index contributed by atoms with van der Waals surface area (Å²) in [5.74, 6) is -0.452. The standard InChI is InChI=1S/C17H26FN3O3S/c1-17(2,3)21-8-7-12(11-21)10-19-16(22)20-13-5-6-14(18)15(9-13)25(4,23)24/h5-6,9,12H,7-8,10-11H2,1-4H3,(H2,19,20,22). The Morgan fingerprint density at radius 3 is 2.60 bits per heavy atom. The van der Waals surface area contributed by atoms with Gasteiger partial charge in [-0.15, -0.1) is 0 Å². The van der Waals surface area contributed by atoms with E-state index >= 15 is 0 Å². The molecule has 1 atom stereocenters. The number of hydrogen-bond donors (Lipinski definition) is 2. The summed E-state index contributed by atoms with van der Waals surface area (Å²) in [5.41, 5.74) is 0.356. The normalized spacial score (nSPS) is 19.0. The summed E-state index contributed by atoms with van der Waals surface area (Å²) in [7, 11) is -3.69. The van der Waals surface area contributed by atoms with Crippen LogP contribution < -0.4 is 10.6 Å². The topological polar surface area (TPSA) is 78.5 Å². The summed E-state index contributed by atoms with van der Waals surface area (Å²) in [6.45, 7) is 8.99. The Balaban J connectivity index is 1.89. The van der Waals surface area contributed by atoms with Crippen molar-refractivity contribution in [1.82, 2.24) is 10.2 Å². The maximum Gasteiger partial charge on any atom is 0.319 e. The molecule has 0 saturated carbocycles. The SMILES string of the molecule is CC(C)(C)N1CCC(CNC(=O)Nc2ccc(F)c(S(C)(=O)=O)c2)C1. The number of rotatable bonds is 4. The molecule has 2 N–H and O–H groups in total. The number of benzene rings is 1. The molecule has 1 unspecified atom stereocenters. The van der Waals surface area contributed by atoms with E-state index in [9.17, 15) is 17.6 Å². The van der Waals surface area contributed by atoms with Gasteiger partial charge >= 0.3 is 6.03 Å². The number of hydrogen-bond acceptors (Lipinski definition) is 4. The minimum atomic E-state index is -3.69. The Hall–Kier alpha value is -1.67. The zero-order valence-corrected chi connectivity index (χ0v) is 15.9. The molecule has 1 aliphatic heterocycles. The molecule has 0 aliphatic carbocycles. The van der Waals surface area contributed by atoms with Crippen molar-refractivity contribution in [2.24, 2.45) is 5.92 Å². The maximum absolute atomic E-state index is 13.6. The monoisotopic (exact) mass is 371 g/mol. The molecule has 2 amide bonds. The minimum absolute atomic E-state index is 0.118. The van der Waals surface area contributed by atoms with Gasteiger partial charge in [-0.3, -0.25) is 4.90 Å². The molecule has 6 nitrogen and oxygen atoms in total. The number of sulfone groups is 1. The fourth-order valence-corrected chi connectivity index (χ4v) is 3.65. The molecule has 0 radical (unpaired) electrons. The third-order valence-corrected chi connectivity index (χ3v) is 5.49. The van der Waals surface area contributed by atoms with Gasteiger partial charge in [0.1, 0.15) is 10.7 Å². The van der Waals surface area contributed by atoms with Gasteiger partial charge in [-0.25, -0.2) is 17.6 Å². The fraction of sp³-hybridized carbons (Fsp3) is 0.588. The molecular formula is C17H26FN3O3S. The Morgan fingerprint density at radius 1 is 1.36 bits per heavy atom. The van der Waals surface area contributed by atoms with Gasteiger partial charge in [0.25, 0.3) is 0 Å². The first-order valence-electron chi connectivity index (χ1n) is 8.26. The lowest BCUT2D eigenvalue weighted by atomic mass is 10.1. The summed E-state index contributed by atoms with van der Waals surface area (Å²) < 4.78 is 36.6. The van der Waals surface area contributed by atoms with Crippen molar-refractivity contribution in [3.8, 4) is 0 Å². The molecule has 1 saturated heterocycles. The molecule has 1 fully saturated rings. The van der Waals surface area contributed by atoms with Crippen molar-refractivity contribution < 1.29 is 17.6 Å². The van der Waals surface area contributed by atoms with Gasteiger partial charge in [0.15, 0.2) is 9.84 Å². The Labute approximate surface area is 148 Å². The predicted molar refractivity (Wildman–Crippen MR) is 96.0 cm³/mol. The number of likely N-dealkylation sites (tertiary alicyclic amines) is 1. The zero-order valence-electron chi connectivity index (χ0n) is 15.1. The molecule has 0 bridgehead atoms. The third kappa shape index (κ3) is 5.40. The molecule has 0 spiro atoms. The third-order valence-electron chi connectivity index (χ3n) is 4.37. The van der Waals surface area contributed by atoms with E-state index in [0.717, 1.165) is 37.9 Å². The van der Waals surface area contributed by atoms with Crippen molar-refractivity contribution in [3.63, 3.8) is 0 Å². The lowest BCUT2D eigenvalue weighted by Gasteiger charge is -2.31. The molecule has 2 rings (SSSR count). The molecular weight excluding hydrogens is 345 g/mol. The summed E-state index contributed by atoms with van der Waals surface area (Å²) in [6, 6.07) is 3.06. The number of carbonyl (C=O) groups is 1. The summed E-state index contributed by atoms with van der Waals surface area (Å²) in [6.07, 6.45) is 1.95. The van der Waals surface area contributed by atoms with Crippen LogP contribution in [0.3, 0.4) is 0 Å². The van der Waals surface area contributed by atoms with E-state index in [1.165, 1.54) is 6.07 Å².